The van der Waals surface area contributed by atoms with E-state index in [1.807, 2.05) is 0 Å². The van der Waals surface area contributed by atoms with Gasteiger partial charge in [-0.2, -0.15) is 0 Å². The molecule has 0 saturated heterocycles. The summed E-state index contributed by atoms with van der Waals surface area (Å²) in [6.45, 7) is -0.175. The van der Waals surface area contributed by atoms with Gasteiger partial charge in [0, 0.05) is 33.5 Å². The minimum absolute atomic E-state index is 0.175. The van der Waals surface area contributed by atoms with Gasteiger partial charge < -0.3 is 18.8 Å². The minimum Gasteiger partial charge on any atom is -0.359 e. The Morgan fingerprint density at radius 1 is 0.314 bits per heavy atom. The van der Waals surface area contributed by atoms with E-state index in [0.717, 1.165) is 22.7 Å². The van der Waals surface area contributed by atoms with Crippen LogP contribution in [0.1, 0.15) is 0 Å². The maximum absolute atomic E-state index is 2.60. The first kappa shape index (κ1) is 28.2. The van der Waals surface area contributed by atoms with E-state index in [1.165, 1.54) is 61.2 Å². The average Bonchev–Trinajstić information content (AvgIpc) is 3.74. The molecule has 0 fully saturated rings. The predicted molar refractivity (Wildman–Crippen MR) is 214 cm³/mol. The summed E-state index contributed by atoms with van der Waals surface area (Å²) in [5, 5.41) is 2.45. The number of fused-ring (bicyclic) bond motifs is 8. The van der Waals surface area contributed by atoms with Crippen LogP contribution in [0.3, 0.4) is 0 Å². The molecule has 4 nitrogen and oxygen atoms in total. The second-order valence-electron chi connectivity index (χ2n) is 13.3. The molecule has 0 aliphatic carbocycles. The molecule has 0 N–H and O–H groups in total. The monoisotopic (exact) mass is 650 g/mol. The van der Waals surface area contributed by atoms with E-state index in [4.69, 9.17) is 0 Å². The summed E-state index contributed by atoms with van der Waals surface area (Å²) in [5.74, 6) is 0. The maximum Gasteiger partial charge on any atom is 0.422 e. The Morgan fingerprint density at radius 3 is 1.08 bits per heavy atom. The van der Waals surface area contributed by atoms with Crippen molar-refractivity contribution in [2.24, 2.45) is 0 Å². The summed E-state index contributed by atoms with van der Waals surface area (Å²) in [5.41, 5.74) is 15.6. The van der Waals surface area contributed by atoms with Gasteiger partial charge in [0.25, 0.3) is 0 Å². The van der Waals surface area contributed by atoms with Crippen LogP contribution in [0.5, 0.6) is 0 Å². The third-order valence-electron chi connectivity index (χ3n) is 10.6. The van der Waals surface area contributed by atoms with Crippen molar-refractivity contribution in [1.82, 2.24) is 9.13 Å². The lowest BCUT2D eigenvalue weighted by Crippen LogP contribution is -2.62. The highest BCUT2D eigenvalue weighted by molar-refractivity contribution is 6.87. The summed E-state index contributed by atoms with van der Waals surface area (Å²) >= 11 is 0. The van der Waals surface area contributed by atoms with Gasteiger partial charge in [0.2, 0.25) is 0 Å². The molecule has 9 aromatic rings. The van der Waals surface area contributed by atoms with E-state index in [0.29, 0.717) is 0 Å². The first-order valence-corrected chi connectivity index (χ1v) is 17.6. The molecule has 2 aliphatic heterocycles. The summed E-state index contributed by atoms with van der Waals surface area (Å²) in [7, 11) is 0. The fourth-order valence-electron chi connectivity index (χ4n) is 8.71. The van der Waals surface area contributed by atoms with Crippen molar-refractivity contribution in [3.05, 3.63) is 188 Å². The molecule has 7 aromatic carbocycles. The zero-order valence-electron chi connectivity index (χ0n) is 27.8. The summed E-state index contributed by atoms with van der Waals surface area (Å²) in [6, 6.07) is 68.3. The second-order valence-corrected chi connectivity index (χ2v) is 13.3. The Labute approximate surface area is 296 Å². The van der Waals surface area contributed by atoms with Crippen molar-refractivity contribution in [3.8, 4) is 33.9 Å². The molecule has 0 radical (unpaired) electrons. The van der Waals surface area contributed by atoms with Crippen LogP contribution in [-0.4, -0.2) is 16.1 Å². The van der Waals surface area contributed by atoms with Crippen molar-refractivity contribution >= 4 is 57.0 Å². The summed E-state index contributed by atoms with van der Waals surface area (Å²) in [4.78, 5) is 5.21. The lowest BCUT2D eigenvalue weighted by Gasteiger charge is -2.46. The van der Waals surface area contributed by atoms with E-state index < -0.39 is 0 Å². The molecule has 238 valence electrons. The third kappa shape index (κ3) is 3.91. The van der Waals surface area contributed by atoms with E-state index in [-0.39, 0.29) is 6.98 Å². The van der Waals surface area contributed by atoms with Gasteiger partial charge >= 0.3 is 6.98 Å². The lowest BCUT2D eigenvalue weighted by molar-refractivity contribution is 1.11. The van der Waals surface area contributed by atoms with Crippen molar-refractivity contribution in [3.63, 3.8) is 0 Å². The largest absolute Gasteiger partial charge is 0.422 e. The molecule has 0 amide bonds. The van der Waals surface area contributed by atoms with Gasteiger partial charge in [-0.3, -0.25) is 0 Å². The van der Waals surface area contributed by atoms with Gasteiger partial charge in [-0.15, -0.1) is 0 Å². The molecular weight excluding hydrogens is 619 g/mol. The van der Waals surface area contributed by atoms with Crippen molar-refractivity contribution < 1.29 is 0 Å². The molecular formula is C46H31BN4. The van der Waals surface area contributed by atoms with Gasteiger partial charge in [-0.25, -0.2) is 0 Å². The number of aromatic nitrogens is 2. The lowest BCUT2D eigenvalue weighted by atomic mass is 9.54. The topological polar surface area (TPSA) is 16.3 Å². The standard InChI is InChI=1S/C46H31BN4/c1-5-18-32(19-6-1)48-40-30-15-13-26-36(40)45-43(48)38-28-17-29-39-42(38)47(50(45)34-22-9-3-10-23-34)51(35-24-11-4-12-25-35)46-37-27-14-16-31-41(37)49(44(39)46)33-20-7-2-8-21-33/h1-31H. The van der Waals surface area contributed by atoms with Crippen LogP contribution in [-0.2, 0) is 0 Å². The van der Waals surface area contributed by atoms with Crippen molar-refractivity contribution in [1.29, 1.82) is 0 Å². The van der Waals surface area contributed by atoms with Crippen LogP contribution in [0.4, 0.5) is 22.7 Å². The fraction of sp³-hybridized carbons (Fsp3) is 0. The number of hydrogen-bond acceptors (Lipinski definition) is 2. The number of hydrogen-bond donors (Lipinski definition) is 0. The number of rotatable bonds is 4. The smallest absolute Gasteiger partial charge is 0.359 e. The van der Waals surface area contributed by atoms with Crippen LogP contribution in [0.15, 0.2) is 188 Å². The van der Waals surface area contributed by atoms with Crippen LogP contribution in [0.2, 0.25) is 0 Å². The Bertz CT molecular complexity index is 2570. The fourth-order valence-corrected chi connectivity index (χ4v) is 8.71. The Balaban J connectivity index is 1.36. The Morgan fingerprint density at radius 2 is 0.667 bits per heavy atom. The molecule has 0 bridgehead atoms. The number of para-hydroxylation sites is 6. The highest BCUT2D eigenvalue weighted by Gasteiger charge is 2.50. The van der Waals surface area contributed by atoms with Gasteiger partial charge in [-0.05, 0) is 77.3 Å². The van der Waals surface area contributed by atoms with E-state index in [2.05, 4.69) is 207 Å². The maximum atomic E-state index is 2.60. The Hall–Kier alpha value is -6.72. The zero-order valence-corrected chi connectivity index (χ0v) is 27.8. The molecule has 5 heteroatoms. The molecule has 4 heterocycles. The van der Waals surface area contributed by atoms with Crippen LogP contribution < -0.4 is 15.1 Å². The SMILES string of the molecule is c1ccc(N2B3c4c(cccc4-c4c(c5ccccc5n4-c4ccccc4)N3c3ccccc3)-c3c2c2ccccc2n3-c2ccccc2)cc1. The van der Waals surface area contributed by atoms with Gasteiger partial charge in [-0.1, -0.05) is 127 Å². The molecule has 2 aliphatic rings. The Kier molecular flexibility index (Phi) is 6.01. The van der Waals surface area contributed by atoms with E-state index >= 15 is 0 Å². The van der Waals surface area contributed by atoms with E-state index in [1.54, 1.807) is 0 Å². The van der Waals surface area contributed by atoms with Crippen LogP contribution in [0, 0.1) is 0 Å². The third-order valence-corrected chi connectivity index (χ3v) is 10.6. The number of benzene rings is 7. The molecule has 0 saturated carbocycles. The zero-order chi connectivity index (χ0) is 33.5. The molecule has 2 aromatic heterocycles. The first-order chi connectivity index (χ1) is 25.4. The predicted octanol–water partition coefficient (Wildman–Crippen LogP) is 10.9. The molecule has 51 heavy (non-hydrogen) atoms. The van der Waals surface area contributed by atoms with Gasteiger partial charge in [0.1, 0.15) is 0 Å². The van der Waals surface area contributed by atoms with Crippen LogP contribution in [0.25, 0.3) is 55.7 Å². The van der Waals surface area contributed by atoms with Crippen molar-refractivity contribution in [2.75, 3.05) is 9.62 Å². The van der Waals surface area contributed by atoms with E-state index in [9.17, 15) is 0 Å². The molecule has 11 rings (SSSR count). The molecule has 0 spiro atoms. The van der Waals surface area contributed by atoms with Crippen LogP contribution >= 0.6 is 0 Å². The summed E-state index contributed by atoms with van der Waals surface area (Å²) < 4.78 is 4.95. The highest BCUT2D eigenvalue weighted by Crippen LogP contribution is 2.55. The molecule has 0 unspecified atom stereocenters. The second kappa shape index (κ2) is 10.9. The number of anilines is 4. The highest BCUT2D eigenvalue weighted by atomic mass is 15.3. The molecule has 0 atom stereocenters. The first-order valence-electron chi connectivity index (χ1n) is 17.6. The van der Waals surface area contributed by atoms with Gasteiger partial charge in [0.05, 0.1) is 33.8 Å². The summed E-state index contributed by atoms with van der Waals surface area (Å²) in [6.07, 6.45) is 0. The normalized spacial score (nSPS) is 13.0. The van der Waals surface area contributed by atoms with Crippen molar-refractivity contribution in [2.45, 2.75) is 0 Å². The minimum atomic E-state index is -0.175. The average molecular weight is 651 g/mol. The number of nitrogens with zero attached hydrogens (tertiary/aromatic N) is 4. The van der Waals surface area contributed by atoms with Gasteiger partial charge in [0.15, 0.2) is 0 Å². The quantitative estimate of drug-likeness (QED) is 0.176.